The predicted molar refractivity (Wildman–Crippen MR) is 77.4 cm³/mol. The molecular weight excluding hydrogens is 238 g/mol. The van der Waals surface area contributed by atoms with Gasteiger partial charge in [-0.15, -0.1) is 0 Å². The summed E-state index contributed by atoms with van der Waals surface area (Å²) in [6, 6.07) is 0. The Kier molecular flexibility index (Phi) is 5.58. The summed E-state index contributed by atoms with van der Waals surface area (Å²) >= 11 is 0. The van der Waals surface area contributed by atoms with E-state index in [1.54, 1.807) is 6.33 Å². The van der Waals surface area contributed by atoms with Gasteiger partial charge in [0.15, 0.2) is 0 Å². The lowest BCUT2D eigenvalue weighted by atomic mass is 10.1. The number of hydrogen-bond acceptors (Lipinski definition) is 4. The van der Waals surface area contributed by atoms with E-state index >= 15 is 0 Å². The van der Waals surface area contributed by atoms with Gasteiger partial charge < -0.3 is 10.1 Å². The van der Waals surface area contributed by atoms with Crippen LogP contribution in [0.5, 0.6) is 0 Å². The number of nitrogens with zero attached hydrogens (tertiary/aromatic N) is 2. The van der Waals surface area contributed by atoms with Crippen molar-refractivity contribution >= 4 is 5.82 Å². The van der Waals surface area contributed by atoms with Crippen LogP contribution in [0.1, 0.15) is 44.4 Å². The first-order valence-electron chi connectivity index (χ1n) is 7.41. The second-order valence-electron chi connectivity index (χ2n) is 5.60. The van der Waals surface area contributed by atoms with Crippen LogP contribution >= 0.6 is 0 Å². The zero-order chi connectivity index (χ0) is 13.5. The van der Waals surface area contributed by atoms with E-state index in [1.165, 1.54) is 30.5 Å². The number of anilines is 1. The molecule has 1 heterocycles. The molecule has 0 aromatic carbocycles. The number of aryl methyl sites for hydroxylation is 1. The third kappa shape index (κ3) is 4.46. The van der Waals surface area contributed by atoms with Crippen molar-refractivity contribution in [3.8, 4) is 0 Å². The van der Waals surface area contributed by atoms with E-state index < -0.39 is 0 Å². The summed E-state index contributed by atoms with van der Waals surface area (Å²) in [4.78, 5) is 8.81. The number of nitrogens with one attached hydrogen (secondary N) is 1. The van der Waals surface area contributed by atoms with Crippen LogP contribution in [0, 0.1) is 5.92 Å². The Morgan fingerprint density at radius 1 is 1.21 bits per heavy atom. The smallest absolute Gasteiger partial charge is 0.132 e. The summed E-state index contributed by atoms with van der Waals surface area (Å²) in [6.07, 6.45) is 7.68. The molecule has 1 N–H and O–H groups in total. The van der Waals surface area contributed by atoms with Crippen LogP contribution in [0.25, 0.3) is 0 Å². The third-order valence-electron chi connectivity index (χ3n) is 3.36. The maximum atomic E-state index is 5.58. The number of rotatable bonds is 6. The number of aromatic nitrogens is 2. The van der Waals surface area contributed by atoms with Crippen molar-refractivity contribution in [1.82, 2.24) is 9.97 Å². The molecule has 0 atom stereocenters. The average molecular weight is 263 g/mol. The van der Waals surface area contributed by atoms with E-state index in [4.69, 9.17) is 4.74 Å². The Bertz CT molecular complexity index is 393. The quantitative estimate of drug-likeness (QED) is 0.633. The zero-order valence-electron chi connectivity index (χ0n) is 12.1. The van der Waals surface area contributed by atoms with Crippen molar-refractivity contribution in [1.29, 1.82) is 0 Å². The lowest BCUT2D eigenvalue weighted by Gasteiger charge is -2.13. The first kappa shape index (κ1) is 14.3. The molecule has 0 bridgehead atoms. The van der Waals surface area contributed by atoms with Gasteiger partial charge in [0.25, 0.3) is 0 Å². The SMILES string of the molecule is CC(C)COCCNc1ncnc2c1CCCCC2. The van der Waals surface area contributed by atoms with Gasteiger partial charge in [-0.2, -0.15) is 0 Å². The third-order valence-corrected chi connectivity index (χ3v) is 3.36. The molecule has 0 saturated heterocycles. The minimum absolute atomic E-state index is 0.593. The van der Waals surface area contributed by atoms with Gasteiger partial charge in [-0.25, -0.2) is 9.97 Å². The van der Waals surface area contributed by atoms with Crippen LogP contribution in [0.4, 0.5) is 5.82 Å². The van der Waals surface area contributed by atoms with Crippen LogP contribution in [-0.2, 0) is 17.6 Å². The normalized spacial score (nSPS) is 15.1. The largest absolute Gasteiger partial charge is 0.379 e. The molecule has 0 radical (unpaired) electrons. The van der Waals surface area contributed by atoms with Gasteiger partial charge >= 0.3 is 0 Å². The standard InChI is InChI=1S/C15H25N3O/c1-12(2)10-19-9-8-16-15-13-6-4-3-5-7-14(13)17-11-18-15/h11-12H,3-10H2,1-2H3,(H,16,17,18). The monoisotopic (exact) mass is 263 g/mol. The van der Waals surface area contributed by atoms with Gasteiger partial charge in [-0.1, -0.05) is 20.3 Å². The maximum Gasteiger partial charge on any atom is 0.132 e. The fourth-order valence-electron chi connectivity index (χ4n) is 2.41. The Hall–Kier alpha value is -1.16. The van der Waals surface area contributed by atoms with Gasteiger partial charge in [0, 0.05) is 24.4 Å². The van der Waals surface area contributed by atoms with Crippen molar-refractivity contribution in [3.05, 3.63) is 17.6 Å². The summed E-state index contributed by atoms with van der Waals surface area (Å²) < 4.78 is 5.58. The molecule has 0 fully saturated rings. The Labute approximate surface area is 116 Å². The van der Waals surface area contributed by atoms with Crippen LogP contribution in [0.3, 0.4) is 0 Å². The van der Waals surface area contributed by atoms with Gasteiger partial charge in [-0.05, 0) is 31.6 Å². The van der Waals surface area contributed by atoms with Crippen LogP contribution in [0.15, 0.2) is 6.33 Å². The number of fused-ring (bicyclic) bond motifs is 1. The molecule has 1 aliphatic carbocycles. The number of hydrogen-bond donors (Lipinski definition) is 1. The highest BCUT2D eigenvalue weighted by atomic mass is 16.5. The highest BCUT2D eigenvalue weighted by molar-refractivity contribution is 5.46. The Morgan fingerprint density at radius 2 is 2.05 bits per heavy atom. The van der Waals surface area contributed by atoms with Gasteiger partial charge in [0.1, 0.15) is 12.1 Å². The van der Waals surface area contributed by atoms with Gasteiger partial charge in [0.2, 0.25) is 0 Å². The van der Waals surface area contributed by atoms with Gasteiger partial charge in [-0.3, -0.25) is 0 Å². The minimum atomic E-state index is 0.593. The minimum Gasteiger partial charge on any atom is -0.379 e. The van der Waals surface area contributed by atoms with Crippen molar-refractivity contribution in [2.75, 3.05) is 25.1 Å². The fraction of sp³-hybridized carbons (Fsp3) is 0.733. The molecule has 4 nitrogen and oxygen atoms in total. The van der Waals surface area contributed by atoms with Crippen LogP contribution in [0.2, 0.25) is 0 Å². The van der Waals surface area contributed by atoms with Crippen molar-refractivity contribution in [2.45, 2.75) is 46.0 Å². The molecule has 0 amide bonds. The molecule has 1 aromatic rings. The Morgan fingerprint density at radius 3 is 2.89 bits per heavy atom. The summed E-state index contributed by atoms with van der Waals surface area (Å²) in [6.45, 7) is 6.70. The van der Waals surface area contributed by atoms with E-state index in [0.29, 0.717) is 5.92 Å². The fourth-order valence-corrected chi connectivity index (χ4v) is 2.41. The summed E-state index contributed by atoms with van der Waals surface area (Å²) in [7, 11) is 0. The molecule has 106 valence electrons. The number of ether oxygens (including phenoxy) is 1. The van der Waals surface area contributed by atoms with E-state index in [0.717, 1.165) is 38.4 Å². The summed E-state index contributed by atoms with van der Waals surface area (Å²) in [5.74, 6) is 1.61. The first-order chi connectivity index (χ1) is 9.27. The highest BCUT2D eigenvalue weighted by Crippen LogP contribution is 2.23. The molecule has 1 aliphatic rings. The molecule has 0 unspecified atom stereocenters. The van der Waals surface area contributed by atoms with E-state index in [-0.39, 0.29) is 0 Å². The van der Waals surface area contributed by atoms with Crippen molar-refractivity contribution < 1.29 is 4.74 Å². The second-order valence-corrected chi connectivity index (χ2v) is 5.60. The van der Waals surface area contributed by atoms with E-state index in [1.807, 2.05) is 0 Å². The summed E-state index contributed by atoms with van der Waals surface area (Å²) in [5.41, 5.74) is 2.56. The van der Waals surface area contributed by atoms with E-state index in [2.05, 4.69) is 29.1 Å². The lowest BCUT2D eigenvalue weighted by molar-refractivity contribution is 0.118. The molecule has 0 aliphatic heterocycles. The molecular formula is C15H25N3O. The zero-order valence-corrected chi connectivity index (χ0v) is 12.1. The first-order valence-corrected chi connectivity index (χ1v) is 7.41. The summed E-state index contributed by atoms with van der Waals surface area (Å²) in [5, 5.41) is 3.40. The maximum absolute atomic E-state index is 5.58. The van der Waals surface area contributed by atoms with Crippen molar-refractivity contribution in [2.24, 2.45) is 5.92 Å². The Balaban J connectivity index is 1.86. The van der Waals surface area contributed by atoms with E-state index in [9.17, 15) is 0 Å². The molecule has 4 heteroatoms. The van der Waals surface area contributed by atoms with Crippen LogP contribution < -0.4 is 5.32 Å². The molecule has 0 saturated carbocycles. The van der Waals surface area contributed by atoms with Crippen molar-refractivity contribution in [3.63, 3.8) is 0 Å². The van der Waals surface area contributed by atoms with Gasteiger partial charge in [0.05, 0.1) is 6.61 Å². The average Bonchev–Trinajstić information content (AvgIpc) is 2.63. The predicted octanol–water partition coefficient (Wildman–Crippen LogP) is 2.83. The topological polar surface area (TPSA) is 47.0 Å². The molecule has 1 aromatic heterocycles. The molecule has 0 spiro atoms. The second kappa shape index (κ2) is 7.43. The molecule has 19 heavy (non-hydrogen) atoms. The molecule has 2 rings (SSSR count). The highest BCUT2D eigenvalue weighted by Gasteiger charge is 2.13. The van der Waals surface area contributed by atoms with Crippen LogP contribution in [-0.4, -0.2) is 29.7 Å². The lowest BCUT2D eigenvalue weighted by Crippen LogP contribution is -2.15.